The maximum atomic E-state index is 13.7. The summed E-state index contributed by atoms with van der Waals surface area (Å²) in [5, 5.41) is 12.4. The van der Waals surface area contributed by atoms with E-state index in [2.05, 4.69) is 10.1 Å². The van der Waals surface area contributed by atoms with Gasteiger partial charge in [-0.05, 0) is 36.4 Å². The number of carbonyl (C=O) groups excluding carboxylic acids is 1. The van der Waals surface area contributed by atoms with Gasteiger partial charge in [-0.2, -0.15) is 31.4 Å². The van der Waals surface area contributed by atoms with E-state index in [0.717, 1.165) is 12.3 Å². The van der Waals surface area contributed by atoms with Gasteiger partial charge in [-0.3, -0.25) is 4.79 Å². The Hall–Kier alpha value is -4.54. The molecule has 212 valence electrons. The van der Waals surface area contributed by atoms with Gasteiger partial charge < -0.3 is 10.8 Å². The Bertz CT molecular complexity index is 1730. The van der Waals surface area contributed by atoms with Crippen LogP contribution in [0, 0.1) is 5.82 Å². The van der Waals surface area contributed by atoms with Crippen LogP contribution < -0.4 is 5.73 Å². The van der Waals surface area contributed by atoms with Gasteiger partial charge >= 0.3 is 18.3 Å². The van der Waals surface area contributed by atoms with E-state index in [1.807, 2.05) is 0 Å². The number of aromatic carboxylic acids is 1. The van der Waals surface area contributed by atoms with Gasteiger partial charge in [0.05, 0.1) is 22.3 Å². The smallest absolute Gasteiger partial charge is 0.433 e. The van der Waals surface area contributed by atoms with Crippen LogP contribution in [0.5, 0.6) is 0 Å². The third kappa shape index (κ3) is 6.53. The zero-order valence-corrected chi connectivity index (χ0v) is 20.6. The number of carbonyl (C=O) groups is 2. The maximum Gasteiger partial charge on any atom is 0.433 e. The fourth-order valence-corrected chi connectivity index (χ4v) is 3.91. The van der Waals surface area contributed by atoms with Crippen molar-refractivity contribution in [2.75, 3.05) is 6.26 Å². The maximum absolute atomic E-state index is 13.7. The Balaban J connectivity index is 0.000000285. The normalized spacial score (nSPS) is 12.1. The zero-order valence-electron chi connectivity index (χ0n) is 19.7. The summed E-state index contributed by atoms with van der Waals surface area (Å²) in [4.78, 5) is 25.6. The highest BCUT2D eigenvalue weighted by molar-refractivity contribution is 7.90. The first kappa shape index (κ1) is 30.0. The molecule has 4 aromatic rings. The van der Waals surface area contributed by atoms with Crippen LogP contribution in [0.2, 0.25) is 0 Å². The van der Waals surface area contributed by atoms with Crippen molar-refractivity contribution in [1.29, 1.82) is 0 Å². The quantitative estimate of drug-likeness (QED) is 0.333. The van der Waals surface area contributed by atoms with Crippen LogP contribution in [0.1, 0.15) is 32.0 Å². The minimum absolute atomic E-state index is 0.101. The molecule has 0 aliphatic carbocycles. The Morgan fingerprint density at radius 1 is 0.975 bits per heavy atom. The molecule has 0 saturated heterocycles. The van der Waals surface area contributed by atoms with Crippen molar-refractivity contribution in [2.24, 2.45) is 5.73 Å². The van der Waals surface area contributed by atoms with Crippen LogP contribution in [0.4, 0.5) is 30.7 Å². The molecule has 0 saturated carbocycles. The van der Waals surface area contributed by atoms with Gasteiger partial charge in [0.25, 0.3) is 0 Å². The van der Waals surface area contributed by atoms with Crippen molar-refractivity contribution in [3.05, 3.63) is 82.9 Å². The van der Waals surface area contributed by atoms with Gasteiger partial charge in [0.1, 0.15) is 11.4 Å². The van der Waals surface area contributed by atoms with E-state index < -0.39 is 73.6 Å². The second-order valence-corrected chi connectivity index (χ2v) is 10.00. The lowest BCUT2D eigenvalue weighted by Crippen LogP contribution is -2.14. The molecule has 1 amide bonds. The molecule has 0 bridgehead atoms. The number of carboxylic acid groups (broad SMARTS) is 1. The summed E-state index contributed by atoms with van der Waals surface area (Å²) >= 11 is 0. The van der Waals surface area contributed by atoms with Crippen LogP contribution in [-0.4, -0.2) is 46.3 Å². The van der Waals surface area contributed by atoms with Crippen molar-refractivity contribution < 1.29 is 53.8 Å². The molecule has 0 aliphatic heterocycles. The molecular formula is C23H15F7N4O5S. The fourth-order valence-electron chi connectivity index (χ4n) is 3.25. The number of carboxylic acids is 1. The minimum atomic E-state index is -4.99. The van der Waals surface area contributed by atoms with Gasteiger partial charge in [0.15, 0.2) is 21.2 Å². The van der Waals surface area contributed by atoms with Crippen molar-refractivity contribution >= 4 is 27.4 Å². The molecule has 17 heteroatoms. The third-order valence-electron chi connectivity index (χ3n) is 5.11. The highest BCUT2D eigenvalue weighted by atomic mass is 32.2. The Kier molecular flexibility index (Phi) is 7.92. The molecule has 2 heterocycles. The number of alkyl halides is 6. The monoisotopic (exact) mass is 592 g/mol. The molecule has 0 radical (unpaired) electrons. The summed E-state index contributed by atoms with van der Waals surface area (Å²) < 4.78 is 114. The number of amides is 1. The second kappa shape index (κ2) is 10.6. The molecule has 0 aliphatic rings. The lowest BCUT2D eigenvalue weighted by atomic mass is 10.1. The van der Waals surface area contributed by atoms with Crippen LogP contribution in [-0.2, 0) is 22.2 Å². The summed E-state index contributed by atoms with van der Waals surface area (Å²) in [6, 6.07) is 7.54. The highest BCUT2D eigenvalue weighted by Gasteiger charge is 2.37. The average Bonchev–Trinajstić information content (AvgIpc) is 3.26. The zero-order chi connectivity index (χ0) is 30.2. The lowest BCUT2D eigenvalue weighted by Gasteiger charge is -2.12. The number of benzene rings is 2. The largest absolute Gasteiger partial charge is 0.477 e. The minimum Gasteiger partial charge on any atom is -0.477 e. The van der Waals surface area contributed by atoms with E-state index in [-0.39, 0.29) is 15.0 Å². The van der Waals surface area contributed by atoms with Gasteiger partial charge in [0.2, 0.25) is 5.91 Å². The van der Waals surface area contributed by atoms with Crippen molar-refractivity contribution in [3.63, 3.8) is 0 Å². The van der Waals surface area contributed by atoms with E-state index in [9.17, 15) is 48.7 Å². The second-order valence-electron chi connectivity index (χ2n) is 7.98. The number of halogens is 7. The molecule has 9 nitrogen and oxygen atoms in total. The Labute approximate surface area is 219 Å². The van der Waals surface area contributed by atoms with Crippen molar-refractivity contribution in [2.45, 2.75) is 17.2 Å². The molecule has 2 aromatic heterocycles. The molecule has 40 heavy (non-hydrogen) atoms. The highest BCUT2D eigenvalue weighted by Crippen LogP contribution is 2.35. The van der Waals surface area contributed by atoms with Gasteiger partial charge in [0, 0.05) is 17.4 Å². The number of nitrogens with two attached hydrogens (primary N) is 1. The number of nitrogens with zero attached hydrogens (tertiary/aromatic N) is 3. The summed E-state index contributed by atoms with van der Waals surface area (Å²) in [5.74, 6) is -3.95. The predicted molar refractivity (Wildman–Crippen MR) is 123 cm³/mol. The van der Waals surface area contributed by atoms with Gasteiger partial charge in [-0.1, -0.05) is 12.1 Å². The van der Waals surface area contributed by atoms with E-state index in [1.165, 1.54) is 24.3 Å². The number of sulfone groups is 1. The fraction of sp³-hybridized carbons (Fsp3) is 0.130. The van der Waals surface area contributed by atoms with Crippen molar-refractivity contribution in [1.82, 2.24) is 14.6 Å². The first-order valence-electron chi connectivity index (χ1n) is 10.5. The van der Waals surface area contributed by atoms with E-state index in [1.54, 1.807) is 0 Å². The van der Waals surface area contributed by atoms with E-state index >= 15 is 0 Å². The predicted octanol–water partition coefficient (Wildman–Crippen LogP) is 4.46. The van der Waals surface area contributed by atoms with Crippen LogP contribution in [0.3, 0.4) is 0 Å². The van der Waals surface area contributed by atoms with Gasteiger partial charge in [-0.15, -0.1) is 0 Å². The number of primary amides is 1. The lowest BCUT2D eigenvalue weighted by molar-refractivity contribution is -0.142. The molecule has 0 spiro atoms. The number of aromatic nitrogens is 3. The molecular weight excluding hydrogens is 577 g/mol. The standard InChI is InChI=1S/C15H6F7N3O2.C8H9NO3S/c16-9-3-6(1-2-8(9)14(17,18)19)10-4-11(15(20,21)22)25-12(24-10)7(5-23-25)13(26)27;1-13(11,12)7-4-2-3-6(5-7)8(9)10/h1-5H,(H,26,27);2-5H,1H3,(H2,9,10). The van der Waals surface area contributed by atoms with Crippen molar-refractivity contribution in [3.8, 4) is 11.3 Å². The molecule has 0 unspecified atom stereocenters. The third-order valence-corrected chi connectivity index (χ3v) is 6.22. The number of hydrogen-bond acceptors (Lipinski definition) is 6. The molecule has 0 fully saturated rings. The topological polar surface area (TPSA) is 145 Å². The van der Waals surface area contributed by atoms with Crippen LogP contribution in [0.15, 0.2) is 59.6 Å². The number of rotatable bonds is 4. The van der Waals surface area contributed by atoms with Crippen LogP contribution >= 0.6 is 0 Å². The first-order valence-corrected chi connectivity index (χ1v) is 12.4. The molecule has 2 aromatic carbocycles. The number of hydrogen-bond donors (Lipinski definition) is 2. The number of fused-ring (bicyclic) bond motifs is 1. The molecule has 4 rings (SSSR count). The summed E-state index contributed by atoms with van der Waals surface area (Å²) in [6.45, 7) is 0. The summed E-state index contributed by atoms with van der Waals surface area (Å²) in [6.07, 6.45) is -8.24. The average molecular weight is 592 g/mol. The Morgan fingerprint density at radius 3 is 2.12 bits per heavy atom. The molecule has 3 N–H and O–H groups in total. The summed E-state index contributed by atoms with van der Waals surface area (Å²) in [7, 11) is -3.27. The van der Waals surface area contributed by atoms with Crippen LogP contribution in [0.25, 0.3) is 16.9 Å². The Morgan fingerprint density at radius 2 is 1.62 bits per heavy atom. The van der Waals surface area contributed by atoms with Gasteiger partial charge in [-0.25, -0.2) is 27.1 Å². The first-order chi connectivity index (χ1) is 18.3. The SMILES string of the molecule is CS(=O)(=O)c1cccc(C(N)=O)c1.O=C(O)c1cnn2c(C(F)(F)F)cc(-c3ccc(C(F)(F)F)c(F)c3)nc12. The summed E-state index contributed by atoms with van der Waals surface area (Å²) in [5.41, 5.74) is -0.137. The molecule has 0 atom stereocenters. The van der Waals surface area contributed by atoms with E-state index in [0.29, 0.717) is 24.4 Å². The van der Waals surface area contributed by atoms with E-state index in [4.69, 9.17) is 10.8 Å².